The molecule has 0 spiro atoms. The molecule has 198 valence electrons. The van der Waals surface area contributed by atoms with Gasteiger partial charge in [0.1, 0.15) is 0 Å². The van der Waals surface area contributed by atoms with Crippen molar-refractivity contribution in [1.29, 1.82) is 0 Å². The second kappa shape index (κ2) is 11.3. The molecule has 0 atom stereocenters. The summed E-state index contributed by atoms with van der Waals surface area (Å²) in [5.41, 5.74) is 12.0. The van der Waals surface area contributed by atoms with Gasteiger partial charge < -0.3 is 0 Å². The van der Waals surface area contributed by atoms with Gasteiger partial charge in [-0.15, -0.1) is 0 Å². The van der Waals surface area contributed by atoms with Crippen LogP contribution in [0.1, 0.15) is 0 Å². The standard InChI is InChI=1S/C36H24N6/c1-10-37-11-2-25(1)28-7-16-40-34(22-28)31-19-32(35-23-29(8-17-41-35)26-3-12-38-13-4-26)21-33(20-31)36-24-30(9-18-42-36)27-5-14-39-15-6-27/h1-24H. The predicted octanol–water partition coefficient (Wildman–Crippen LogP) is 8.06. The fourth-order valence-electron chi connectivity index (χ4n) is 5.01. The Bertz CT molecular complexity index is 1730. The van der Waals surface area contributed by atoms with Crippen molar-refractivity contribution >= 4 is 0 Å². The lowest BCUT2D eigenvalue weighted by Crippen LogP contribution is -1.92. The molecule has 6 heterocycles. The van der Waals surface area contributed by atoms with Crippen LogP contribution in [-0.2, 0) is 0 Å². The highest BCUT2D eigenvalue weighted by Gasteiger charge is 2.12. The van der Waals surface area contributed by atoms with Crippen LogP contribution >= 0.6 is 0 Å². The van der Waals surface area contributed by atoms with Gasteiger partial charge in [-0.25, -0.2) is 0 Å². The number of hydrogen-bond acceptors (Lipinski definition) is 6. The third-order valence-corrected chi connectivity index (χ3v) is 7.14. The van der Waals surface area contributed by atoms with E-state index < -0.39 is 0 Å². The molecule has 0 aliphatic heterocycles. The largest absolute Gasteiger partial charge is 0.265 e. The first-order chi connectivity index (χ1) is 20.8. The average Bonchev–Trinajstić information content (AvgIpc) is 3.09. The zero-order valence-electron chi connectivity index (χ0n) is 22.5. The van der Waals surface area contributed by atoms with Crippen molar-refractivity contribution in [2.75, 3.05) is 0 Å². The molecule has 7 rings (SSSR count). The van der Waals surface area contributed by atoms with Crippen LogP contribution in [0.5, 0.6) is 0 Å². The zero-order chi connectivity index (χ0) is 28.1. The summed E-state index contributed by atoms with van der Waals surface area (Å²) in [6.45, 7) is 0. The van der Waals surface area contributed by atoms with Gasteiger partial charge in [0, 0.05) is 72.5 Å². The van der Waals surface area contributed by atoms with Crippen molar-refractivity contribution in [1.82, 2.24) is 29.9 Å². The molecule has 6 aromatic heterocycles. The second-order valence-corrected chi connectivity index (χ2v) is 9.80. The van der Waals surface area contributed by atoms with E-state index in [0.29, 0.717) is 0 Å². The zero-order valence-corrected chi connectivity index (χ0v) is 22.5. The van der Waals surface area contributed by atoms with Gasteiger partial charge in [-0.3, -0.25) is 29.9 Å². The molecule has 0 radical (unpaired) electrons. The van der Waals surface area contributed by atoms with Crippen LogP contribution in [0.3, 0.4) is 0 Å². The summed E-state index contributed by atoms with van der Waals surface area (Å²) in [4.78, 5) is 26.8. The third kappa shape index (κ3) is 5.29. The van der Waals surface area contributed by atoms with Gasteiger partial charge in [0.2, 0.25) is 0 Å². The van der Waals surface area contributed by atoms with E-state index in [-0.39, 0.29) is 0 Å². The molecule has 0 saturated carbocycles. The maximum atomic E-state index is 4.76. The molecule has 0 saturated heterocycles. The summed E-state index contributed by atoms with van der Waals surface area (Å²) in [6, 6.07) is 30.8. The molecule has 6 heteroatoms. The smallest absolute Gasteiger partial charge is 0.0708 e. The van der Waals surface area contributed by atoms with Crippen LogP contribution in [0.4, 0.5) is 0 Å². The van der Waals surface area contributed by atoms with Crippen LogP contribution < -0.4 is 0 Å². The highest BCUT2D eigenvalue weighted by Crippen LogP contribution is 2.34. The summed E-state index contributed by atoms with van der Waals surface area (Å²) < 4.78 is 0. The van der Waals surface area contributed by atoms with Crippen LogP contribution in [-0.4, -0.2) is 29.9 Å². The Morgan fingerprint density at radius 3 is 0.786 bits per heavy atom. The van der Waals surface area contributed by atoms with E-state index in [0.717, 1.165) is 67.2 Å². The van der Waals surface area contributed by atoms with E-state index >= 15 is 0 Å². The Kier molecular flexibility index (Phi) is 6.76. The van der Waals surface area contributed by atoms with E-state index in [9.17, 15) is 0 Å². The summed E-state index contributed by atoms with van der Waals surface area (Å²) in [5.74, 6) is 0. The Labute approximate surface area is 243 Å². The van der Waals surface area contributed by atoms with Crippen LogP contribution in [0.2, 0.25) is 0 Å². The van der Waals surface area contributed by atoms with Crippen molar-refractivity contribution in [2.24, 2.45) is 0 Å². The fraction of sp³-hybridized carbons (Fsp3) is 0. The van der Waals surface area contributed by atoms with Crippen molar-refractivity contribution < 1.29 is 0 Å². The van der Waals surface area contributed by atoms with Crippen molar-refractivity contribution in [2.45, 2.75) is 0 Å². The van der Waals surface area contributed by atoms with E-state index in [1.807, 2.05) is 73.2 Å². The minimum absolute atomic E-state index is 0.864. The molecular formula is C36H24N6. The molecule has 0 aliphatic carbocycles. The van der Waals surface area contributed by atoms with E-state index in [1.54, 1.807) is 37.2 Å². The lowest BCUT2D eigenvalue weighted by Gasteiger charge is -2.12. The number of pyridine rings is 6. The first kappa shape index (κ1) is 25.1. The first-order valence-electron chi connectivity index (χ1n) is 13.6. The number of benzene rings is 1. The van der Waals surface area contributed by atoms with Gasteiger partial charge in [0.05, 0.1) is 17.1 Å². The van der Waals surface area contributed by atoms with Gasteiger partial charge in [-0.1, -0.05) is 0 Å². The van der Waals surface area contributed by atoms with E-state index in [2.05, 4.69) is 51.4 Å². The normalized spacial score (nSPS) is 10.9. The SMILES string of the molecule is c1cc(-c2ccnc(-c3cc(-c4cc(-c5ccncc5)ccn4)cc(-c4cc(-c5ccncc5)ccn4)c3)c2)ccn1. The molecule has 42 heavy (non-hydrogen) atoms. The molecule has 0 N–H and O–H groups in total. The van der Waals surface area contributed by atoms with E-state index in [4.69, 9.17) is 15.0 Å². The van der Waals surface area contributed by atoms with Crippen molar-refractivity contribution in [3.8, 4) is 67.2 Å². The monoisotopic (exact) mass is 540 g/mol. The Morgan fingerprint density at radius 2 is 0.500 bits per heavy atom. The molecule has 0 bridgehead atoms. The Balaban J connectivity index is 1.38. The fourth-order valence-corrected chi connectivity index (χ4v) is 5.01. The van der Waals surface area contributed by atoms with Crippen LogP contribution in [0.15, 0.2) is 147 Å². The minimum Gasteiger partial charge on any atom is -0.265 e. The molecule has 7 aromatic rings. The molecule has 0 fully saturated rings. The third-order valence-electron chi connectivity index (χ3n) is 7.14. The van der Waals surface area contributed by atoms with E-state index in [1.165, 1.54) is 0 Å². The van der Waals surface area contributed by atoms with Gasteiger partial charge in [-0.2, -0.15) is 0 Å². The quantitative estimate of drug-likeness (QED) is 0.212. The maximum Gasteiger partial charge on any atom is 0.0708 e. The lowest BCUT2D eigenvalue weighted by atomic mass is 9.96. The van der Waals surface area contributed by atoms with Gasteiger partial charge >= 0.3 is 0 Å². The molecular weight excluding hydrogens is 516 g/mol. The lowest BCUT2D eigenvalue weighted by molar-refractivity contribution is 1.29. The highest BCUT2D eigenvalue weighted by atomic mass is 14.7. The summed E-state index contributed by atoms with van der Waals surface area (Å²) in [5, 5.41) is 0. The Hall–Kier alpha value is -5.88. The molecule has 0 amide bonds. The molecule has 0 aliphatic rings. The molecule has 1 aromatic carbocycles. The molecule has 6 nitrogen and oxygen atoms in total. The van der Waals surface area contributed by atoms with Crippen molar-refractivity contribution in [3.05, 3.63) is 147 Å². The first-order valence-corrected chi connectivity index (χ1v) is 13.6. The maximum absolute atomic E-state index is 4.76. The van der Waals surface area contributed by atoms with Crippen LogP contribution in [0, 0.1) is 0 Å². The number of hydrogen-bond donors (Lipinski definition) is 0. The second-order valence-electron chi connectivity index (χ2n) is 9.80. The number of rotatable bonds is 6. The van der Waals surface area contributed by atoms with Crippen LogP contribution in [0.25, 0.3) is 67.2 Å². The Morgan fingerprint density at radius 1 is 0.238 bits per heavy atom. The minimum atomic E-state index is 0.864. The van der Waals surface area contributed by atoms with Gasteiger partial charge in [-0.05, 0) is 124 Å². The summed E-state index contributed by atoms with van der Waals surface area (Å²) in [7, 11) is 0. The average molecular weight is 541 g/mol. The topological polar surface area (TPSA) is 77.3 Å². The van der Waals surface area contributed by atoms with Crippen molar-refractivity contribution in [3.63, 3.8) is 0 Å². The van der Waals surface area contributed by atoms with Gasteiger partial charge in [0.25, 0.3) is 0 Å². The summed E-state index contributed by atoms with van der Waals surface area (Å²) in [6.07, 6.45) is 16.4. The number of nitrogens with zero attached hydrogens (tertiary/aromatic N) is 6. The summed E-state index contributed by atoms with van der Waals surface area (Å²) >= 11 is 0. The highest BCUT2D eigenvalue weighted by molar-refractivity contribution is 5.82. The van der Waals surface area contributed by atoms with Gasteiger partial charge in [0.15, 0.2) is 0 Å². The predicted molar refractivity (Wildman–Crippen MR) is 166 cm³/mol. The number of aromatic nitrogens is 6. The molecule has 0 unspecified atom stereocenters.